The highest BCUT2D eigenvalue weighted by Gasteiger charge is 2.38. The maximum atomic E-state index is 5.39. The van der Waals surface area contributed by atoms with Crippen LogP contribution in [0.4, 0.5) is 0 Å². The van der Waals surface area contributed by atoms with Crippen molar-refractivity contribution in [3.05, 3.63) is 0 Å². The van der Waals surface area contributed by atoms with E-state index < -0.39 is 0 Å². The van der Waals surface area contributed by atoms with Crippen LogP contribution < -0.4 is 11.1 Å². The van der Waals surface area contributed by atoms with Gasteiger partial charge in [0.05, 0.1) is 0 Å². The Morgan fingerprint density at radius 3 is 2.75 bits per heavy atom. The molecule has 3 unspecified atom stereocenters. The maximum Gasteiger partial charge on any atom is 0.163 e. The van der Waals surface area contributed by atoms with Crippen molar-refractivity contribution in [3.63, 3.8) is 0 Å². The molecule has 2 saturated carbocycles. The SMILES string of the molecule is NC(=S)NCC1CC2CCC1C2. The van der Waals surface area contributed by atoms with E-state index >= 15 is 0 Å². The van der Waals surface area contributed by atoms with Crippen LogP contribution in [0, 0.1) is 17.8 Å². The predicted octanol–water partition coefficient (Wildman–Crippen LogP) is 1.26. The molecule has 3 N–H and O–H groups in total. The Bertz CT molecular complexity index is 193. The largest absolute Gasteiger partial charge is 0.376 e. The van der Waals surface area contributed by atoms with E-state index in [1.807, 2.05) is 0 Å². The van der Waals surface area contributed by atoms with Gasteiger partial charge in [0.1, 0.15) is 0 Å². The quantitative estimate of drug-likeness (QED) is 0.634. The van der Waals surface area contributed by atoms with Crippen molar-refractivity contribution in [2.75, 3.05) is 6.54 Å². The highest BCUT2D eigenvalue weighted by atomic mass is 32.1. The van der Waals surface area contributed by atoms with E-state index in [9.17, 15) is 0 Å². The Morgan fingerprint density at radius 2 is 2.25 bits per heavy atom. The van der Waals surface area contributed by atoms with Gasteiger partial charge in [-0.25, -0.2) is 0 Å². The molecule has 0 aromatic rings. The van der Waals surface area contributed by atoms with E-state index in [4.69, 9.17) is 18.0 Å². The number of thiocarbonyl (C=S) groups is 1. The van der Waals surface area contributed by atoms with E-state index in [2.05, 4.69) is 5.32 Å². The van der Waals surface area contributed by atoms with Crippen molar-refractivity contribution < 1.29 is 0 Å². The van der Waals surface area contributed by atoms with E-state index in [-0.39, 0.29) is 0 Å². The fourth-order valence-corrected chi connectivity index (χ4v) is 2.94. The summed E-state index contributed by atoms with van der Waals surface area (Å²) in [7, 11) is 0. The number of nitrogens with two attached hydrogens (primary N) is 1. The van der Waals surface area contributed by atoms with Crippen LogP contribution in [0.15, 0.2) is 0 Å². The van der Waals surface area contributed by atoms with Gasteiger partial charge < -0.3 is 11.1 Å². The van der Waals surface area contributed by atoms with Crippen LogP contribution >= 0.6 is 12.2 Å². The minimum Gasteiger partial charge on any atom is -0.376 e. The molecule has 0 saturated heterocycles. The summed E-state index contributed by atoms with van der Waals surface area (Å²) in [5.74, 6) is 2.84. The van der Waals surface area contributed by atoms with Gasteiger partial charge in [-0.1, -0.05) is 6.42 Å². The molecule has 3 atom stereocenters. The molecule has 0 aromatic heterocycles. The fourth-order valence-electron chi connectivity index (χ4n) is 2.86. The average Bonchev–Trinajstić information content (AvgIpc) is 2.60. The molecule has 2 aliphatic rings. The lowest BCUT2D eigenvalue weighted by Gasteiger charge is -2.21. The number of rotatable bonds is 2. The van der Waals surface area contributed by atoms with Crippen LogP contribution in [0.2, 0.25) is 0 Å². The van der Waals surface area contributed by atoms with Gasteiger partial charge in [-0.3, -0.25) is 0 Å². The van der Waals surface area contributed by atoms with Gasteiger partial charge >= 0.3 is 0 Å². The monoisotopic (exact) mass is 184 g/mol. The number of hydrogen-bond acceptors (Lipinski definition) is 1. The highest BCUT2D eigenvalue weighted by molar-refractivity contribution is 7.80. The summed E-state index contributed by atoms with van der Waals surface area (Å²) in [6.45, 7) is 1.01. The molecule has 68 valence electrons. The van der Waals surface area contributed by atoms with Crippen LogP contribution in [0.25, 0.3) is 0 Å². The summed E-state index contributed by atoms with van der Waals surface area (Å²) in [5, 5.41) is 3.54. The van der Waals surface area contributed by atoms with Gasteiger partial charge in [0.2, 0.25) is 0 Å². The number of fused-ring (bicyclic) bond motifs is 2. The van der Waals surface area contributed by atoms with Gasteiger partial charge in [0.15, 0.2) is 5.11 Å². The van der Waals surface area contributed by atoms with Crippen LogP contribution in [-0.2, 0) is 0 Å². The van der Waals surface area contributed by atoms with E-state index in [1.165, 1.54) is 25.7 Å². The molecule has 3 heteroatoms. The fraction of sp³-hybridized carbons (Fsp3) is 0.889. The Balaban J connectivity index is 1.79. The molecule has 0 spiro atoms. The van der Waals surface area contributed by atoms with Crippen LogP contribution in [0.1, 0.15) is 25.7 Å². The number of nitrogens with one attached hydrogen (secondary N) is 1. The third-order valence-corrected chi connectivity index (χ3v) is 3.57. The lowest BCUT2D eigenvalue weighted by Crippen LogP contribution is -2.35. The molecule has 0 amide bonds. The average molecular weight is 184 g/mol. The summed E-state index contributed by atoms with van der Waals surface area (Å²) in [6.07, 6.45) is 5.77. The van der Waals surface area contributed by atoms with E-state index in [0.29, 0.717) is 5.11 Å². The predicted molar refractivity (Wildman–Crippen MR) is 53.7 cm³/mol. The normalized spacial score (nSPS) is 38.5. The minimum absolute atomic E-state index is 0.456. The summed E-state index contributed by atoms with van der Waals surface area (Å²) < 4.78 is 0. The van der Waals surface area contributed by atoms with E-state index in [1.54, 1.807) is 0 Å². The second-order valence-corrected chi connectivity index (χ2v) is 4.62. The highest BCUT2D eigenvalue weighted by Crippen LogP contribution is 2.47. The van der Waals surface area contributed by atoms with Crippen molar-refractivity contribution in [1.82, 2.24) is 5.32 Å². The van der Waals surface area contributed by atoms with Crippen molar-refractivity contribution in [3.8, 4) is 0 Å². The first-order valence-corrected chi connectivity index (χ1v) is 5.20. The zero-order chi connectivity index (χ0) is 8.55. The summed E-state index contributed by atoms with van der Waals surface area (Å²) in [6, 6.07) is 0. The second-order valence-electron chi connectivity index (χ2n) is 4.18. The van der Waals surface area contributed by atoms with Gasteiger partial charge in [-0.05, 0) is 49.2 Å². The minimum atomic E-state index is 0.456. The Hall–Kier alpha value is -0.310. The molecule has 12 heavy (non-hydrogen) atoms. The van der Waals surface area contributed by atoms with Crippen molar-refractivity contribution >= 4 is 17.3 Å². The molecule has 2 nitrogen and oxygen atoms in total. The van der Waals surface area contributed by atoms with E-state index in [0.717, 1.165) is 24.3 Å². The molecule has 2 bridgehead atoms. The van der Waals surface area contributed by atoms with Gasteiger partial charge in [0.25, 0.3) is 0 Å². The second kappa shape index (κ2) is 3.21. The van der Waals surface area contributed by atoms with Crippen molar-refractivity contribution in [2.45, 2.75) is 25.7 Å². The van der Waals surface area contributed by atoms with Gasteiger partial charge in [-0.2, -0.15) is 0 Å². The molecule has 0 aliphatic heterocycles. The van der Waals surface area contributed by atoms with Crippen LogP contribution in [-0.4, -0.2) is 11.7 Å². The zero-order valence-electron chi connectivity index (χ0n) is 7.25. The first kappa shape index (κ1) is 8.30. The molecule has 0 radical (unpaired) electrons. The smallest absolute Gasteiger partial charge is 0.163 e. The molecule has 0 heterocycles. The third-order valence-electron chi connectivity index (χ3n) is 3.42. The lowest BCUT2D eigenvalue weighted by atomic mass is 9.89. The summed E-state index contributed by atoms with van der Waals surface area (Å²) in [4.78, 5) is 0. The van der Waals surface area contributed by atoms with Crippen LogP contribution in [0.5, 0.6) is 0 Å². The summed E-state index contributed by atoms with van der Waals surface area (Å²) in [5.41, 5.74) is 5.39. The van der Waals surface area contributed by atoms with Crippen molar-refractivity contribution in [2.24, 2.45) is 23.5 Å². The van der Waals surface area contributed by atoms with Crippen molar-refractivity contribution in [1.29, 1.82) is 0 Å². The number of hydrogen-bond donors (Lipinski definition) is 2. The Labute approximate surface area is 78.9 Å². The summed E-state index contributed by atoms with van der Waals surface area (Å²) >= 11 is 4.78. The Kier molecular flexibility index (Phi) is 2.22. The molecular formula is C9H16N2S. The van der Waals surface area contributed by atoms with Gasteiger partial charge in [-0.15, -0.1) is 0 Å². The third kappa shape index (κ3) is 1.56. The standard InChI is InChI=1S/C9H16N2S/c10-9(12)11-5-8-4-6-1-2-7(8)3-6/h6-8H,1-5H2,(H3,10,11,12). The topological polar surface area (TPSA) is 38.0 Å². The molecule has 2 fully saturated rings. The van der Waals surface area contributed by atoms with Gasteiger partial charge in [0, 0.05) is 6.54 Å². The first-order valence-electron chi connectivity index (χ1n) is 4.79. The molecule has 2 aliphatic carbocycles. The molecule has 2 rings (SSSR count). The molecule has 0 aromatic carbocycles. The zero-order valence-corrected chi connectivity index (χ0v) is 8.07. The molecular weight excluding hydrogens is 168 g/mol. The maximum absolute atomic E-state index is 5.39. The lowest BCUT2D eigenvalue weighted by molar-refractivity contribution is 0.332. The first-order chi connectivity index (χ1) is 5.75. The Morgan fingerprint density at radius 1 is 1.42 bits per heavy atom. The van der Waals surface area contributed by atoms with Crippen LogP contribution in [0.3, 0.4) is 0 Å².